The Morgan fingerprint density at radius 1 is 1.00 bits per heavy atom. The molecule has 2 aromatic rings. The molecule has 19 heavy (non-hydrogen) atoms. The Labute approximate surface area is 123 Å². The summed E-state index contributed by atoms with van der Waals surface area (Å²) in [7, 11) is 0. The minimum Gasteiger partial charge on any atom is -0.271 e. The Morgan fingerprint density at radius 3 is 2.42 bits per heavy atom. The zero-order valence-corrected chi connectivity index (χ0v) is 13.1. The van der Waals surface area contributed by atoms with E-state index in [0.717, 1.165) is 4.47 Å². The molecule has 2 nitrogen and oxygen atoms in total. The molecule has 0 amide bonds. The van der Waals surface area contributed by atoms with Crippen molar-refractivity contribution < 1.29 is 0 Å². The highest BCUT2D eigenvalue weighted by molar-refractivity contribution is 9.10. The van der Waals surface area contributed by atoms with Crippen molar-refractivity contribution >= 4 is 15.9 Å². The third-order valence-corrected chi connectivity index (χ3v) is 4.17. The number of nitrogens with two attached hydrogens (primary N) is 1. The number of halogens is 1. The molecule has 1 unspecified atom stereocenters. The molecule has 0 radical (unpaired) electrons. The highest BCUT2D eigenvalue weighted by Crippen LogP contribution is 2.29. The molecule has 0 spiro atoms. The van der Waals surface area contributed by atoms with Crippen molar-refractivity contribution in [3.63, 3.8) is 0 Å². The molecule has 0 heterocycles. The molecule has 3 heteroatoms. The Morgan fingerprint density at radius 2 is 1.74 bits per heavy atom. The van der Waals surface area contributed by atoms with Gasteiger partial charge in [0.2, 0.25) is 0 Å². The molecule has 2 rings (SSSR count). The van der Waals surface area contributed by atoms with Crippen LogP contribution in [0.5, 0.6) is 0 Å². The number of rotatable bonds is 3. The van der Waals surface area contributed by atoms with E-state index in [1.165, 1.54) is 27.8 Å². The summed E-state index contributed by atoms with van der Waals surface area (Å²) < 4.78 is 1.07. The van der Waals surface area contributed by atoms with E-state index in [1.54, 1.807) is 0 Å². The first-order valence-corrected chi connectivity index (χ1v) is 7.12. The lowest BCUT2D eigenvalue weighted by molar-refractivity contribution is 0.629. The number of hydrazine groups is 1. The van der Waals surface area contributed by atoms with Gasteiger partial charge in [0.25, 0.3) is 0 Å². The number of aryl methyl sites for hydroxylation is 2. The molecular weight excluding hydrogens is 300 g/mol. The molecule has 0 saturated carbocycles. The zero-order chi connectivity index (χ0) is 14.0. The van der Waals surface area contributed by atoms with Crippen molar-refractivity contribution in [3.05, 3.63) is 68.7 Å². The van der Waals surface area contributed by atoms with Gasteiger partial charge in [0, 0.05) is 4.47 Å². The first-order valence-electron chi connectivity index (χ1n) is 6.33. The van der Waals surface area contributed by atoms with Crippen LogP contribution < -0.4 is 11.3 Å². The SMILES string of the molecule is Cc1ccc(Br)cc1C(NN)c1cccc(C)c1C. The van der Waals surface area contributed by atoms with E-state index in [-0.39, 0.29) is 6.04 Å². The Bertz CT molecular complexity index is 591. The van der Waals surface area contributed by atoms with Crippen LogP contribution in [0.3, 0.4) is 0 Å². The Balaban J connectivity index is 2.56. The average molecular weight is 319 g/mol. The molecule has 0 fully saturated rings. The molecule has 1 atom stereocenters. The largest absolute Gasteiger partial charge is 0.271 e. The summed E-state index contributed by atoms with van der Waals surface area (Å²) in [4.78, 5) is 0. The van der Waals surface area contributed by atoms with Crippen LogP contribution in [0.15, 0.2) is 40.9 Å². The molecule has 100 valence electrons. The normalized spacial score (nSPS) is 12.5. The van der Waals surface area contributed by atoms with Crippen LogP contribution in [0.1, 0.15) is 33.9 Å². The monoisotopic (exact) mass is 318 g/mol. The van der Waals surface area contributed by atoms with Crippen molar-refractivity contribution in [2.75, 3.05) is 0 Å². The summed E-state index contributed by atoms with van der Waals surface area (Å²) in [6.45, 7) is 6.37. The first-order chi connectivity index (χ1) is 9.04. The summed E-state index contributed by atoms with van der Waals surface area (Å²) >= 11 is 3.53. The lowest BCUT2D eigenvalue weighted by Crippen LogP contribution is -2.30. The number of benzene rings is 2. The van der Waals surface area contributed by atoms with Gasteiger partial charge >= 0.3 is 0 Å². The van der Waals surface area contributed by atoms with Gasteiger partial charge in [-0.3, -0.25) is 5.84 Å². The maximum Gasteiger partial charge on any atom is 0.0715 e. The number of nitrogens with one attached hydrogen (secondary N) is 1. The van der Waals surface area contributed by atoms with Crippen LogP contribution in [0.2, 0.25) is 0 Å². The average Bonchev–Trinajstić information content (AvgIpc) is 2.39. The van der Waals surface area contributed by atoms with Gasteiger partial charge in [-0.2, -0.15) is 0 Å². The molecule has 0 saturated heterocycles. The van der Waals surface area contributed by atoms with Gasteiger partial charge in [0.15, 0.2) is 0 Å². The van der Waals surface area contributed by atoms with E-state index in [2.05, 4.69) is 78.5 Å². The van der Waals surface area contributed by atoms with Crippen LogP contribution in [-0.2, 0) is 0 Å². The van der Waals surface area contributed by atoms with E-state index >= 15 is 0 Å². The summed E-state index contributed by atoms with van der Waals surface area (Å²) in [6.07, 6.45) is 0. The predicted molar refractivity (Wildman–Crippen MR) is 84.0 cm³/mol. The first kappa shape index (κ1) is 14.3. The van der Waals surface area contributed by atoms with Crippen LogP contribution in [0.25, 0.3) is 0 Å². The van der Waals surface area contributed by atoms with E-state index in [1.807, 2.05) is 0 Å². The van der Waals surface area contributed by atoms with E-state index in [0.29, 0.717) is 0 Å². The van der Waals surface area contributed by atoms with Gasteiger partial charge in [-0.25, -0.2) is 5.43 Å². The zero-order valence-electron chi connectivity index (χ0n) is 11.5. The minimum absolute atomic E-state index is 0.0115. The van der Waals surface area contributed by atoms with Crippen LogP contribution >= 0.6 is 15.9 Å². The second-order valence-corrected chi connectivity index (χ2v) is 5.81. The lowest BCUT2D eigenvalue weighted by atomic mass is 9.91. The fraction of sp³-hybridized carbons (Fsp3) is 0.250. The fourth-order valence-corrected chi connectivity index (χ4v) is 2.73. The van der Waals surface area contributed by atoms with Gasteiger partial charge in [0.1, 0.15) is 0 Å². The molecule has 0 aromatic heterocycles. The molecule has 0 aliphatic carbocycles. The van der Waals surface area contributed by atoms with Crippen LogP contribution in [0, 0.1) is 20.8 Å². The maximum absolute atomic E-state index is 5.81. The van der Waals surface area contributed by atoms with Crippen LogP contribution in [0.4, 0.5) is 0 Å². The van der Waals surface area contributed by atoms with Crippen molar-refractivity contribution in [3.8, 4) is 0 Å². The molecular formula is C16H19BrN2. The number of hydrogen-bond donors (Lipinski definition) is 2. The standard InChI is InChI=1S/C16H19BrN2/c1-10-5-4-6-14(12(10)3)16(19-18)15-9-13(17)8-7-11(15)2/h4-9,16,19H,18H2,1-3H3. The number of hydrogen-bond acceptors (Lipinski definition) is 2. The van der Waals surface area contributed by atoms with Gasteiger partial charge in [-0.15, -0.1) is 0 Å². The topological polar surface area (TPSA) is 38.0 Å². The van der Waals surface area contributed by atoms with E-state index < -0.39 is 0 Å². The Hall–Kier alpha value is -1.16. The quantitative estimate of drug-likeness (QED) is 0.664. The molecule has 2 aromatic carbocycles. The third kappa shape index (κ3) is 2.89. The van der Waals surface area contributed by atoms with Crippen molar-refractivity contribution in [1.82, 2.24) is 5.43 Å². The van der Waals surface area contributed by atoms with Gasteiger partial charge in [-0.1, -0.05) is 40.2 Å². The second kappa shape index (κ2) is 5.87. The maximum atomic E-state index is 5.81. The van der Waals surface area contributed by atoms with Crippen molar-refractivity contribution in [2.45, 2.75) is 26.8 Å². The summed E-state index contributed by atoms with van der Waals surface area (Å²) in [5.74, 6) is 5.81. The van der Waals surface area contributed by atoms with Gasteiger partial charge < -0.3 is 0 Å². The van der Waals surface area contributed by atoms with E-state index in [9.17, 15) is 0 Å². The Kier molecular flexibility index (Phi) is 4.40. The summed E-state index contributed by atoms with van der Waals surface area (Å²) in [5, 5.41) is 0. The van der Waals surface area contributed by atoms with Crippen molar-refractivity contribution in [2.24, 2.45) is 5.84 Å². The highest BCUT2D eigenvalue weighted by Gasteiger charge is 2.17. The van der Waals surface area contributed by atoms with Gasteiger partial charge in [-0.05, 0) is 60.7 Å². The predicted octanol–water partition coefficient (Wildman–Crippen LogP) is 3.93. The van der Waals surface area contributed by atoms with Crippen molar-refractivity contribution in [1.29, 1.82) is 0 Å². The van der Waals surface area contributed by atoms with Gasteiger partial charge in [0.05, 0.1) is 6.04 Å². The summed E-state index contributed by atoms with van der Waals surface area (Å²) in [6, 6.07) is 12.6. The second-order valence-electron chi connectivity index (χ2n) is 4.89. The third-order valence-electron chi connectivity index (χ3n) is 3.68. The fourth-order valence-electron chi connectivity index (χ4n) is 2.36. The van der Waals surface area contributed by atoms with E-state index in [4.69, 9.17) is 5.84 Å². The molecule has 0 aliphatic rings. The lowest BCUT2D eigenvalue weighted by Gasteiger charge is -2.22. The minimum atomic E-state index is 0.0115. The molecule has 0 aliphatic heterocycles. The smallest absolute Gasteiger partial charge is 0.0715 e. The van der Waals surface area contributed by atoms with Crippen LogP contribution in [-0.4, -0.2) is 0 Å². The highest BCUT2D eigenvalue weighted by atomic mass is 79.9. The molecule has 3 N–H and O–H groups in total. The molecule has 0 bridgehead atoms. The summed E-state index contributed by atoms with van der Waals surface area (Å²) in [5.41, 5.74) is 9.17.